The number of fused-ring (bicyclic) bond motifs is 1. The molecule has 0 saturated heterocycles. The summed E-state index contributed by atoms with van der Waals surface area (Å²) in [5, 5.41) is 0. The number of benzene rings is 1. The number of carbonyl (C=O) groups excluding carboxylic acids is 1. The van der Waals surface area contributed by atoms with E-state index in [0.29, 0.717) is 5.69 Å². The van der Waals surface area contributed by atoms with Gasteiger partial charge in [0.05, 0.1) is 11.3 Å². The van der Waals surface area contributed by atoms with Gasteiger partial charge in [-0.05, 0) is 23.1 Å². The Labute approximate surface area is 99.2 Å². The minimum atomic E-state index is -3.40. The quantitative estimate of drug-likeness (QED) is 0.681. The van der Waals surface area contributed by atoms with Gasteiger partial charge < -0.3 is 4.90 Å². The molecule has 0 fully saturated rings. The van der Waals surface area contributed by atoms with Crippen LogP contribution in [-0.4, -0.2) is 13.0 Å². The van der Waals surface area contributed by atoms with Crippen LogP contribution in [0.5, 0.6) is 0 Å². The lowest BCUT2D eigenvalue weighted by atomic mass is 9.85. The van der Waals surface area contributed by atoms with Crippen molar-refractivity contribution in [3.8, 4) is 0 Å². The van der Waals surface area contributed by atoms with Crippen LogP contribution >= 0.6 is 0 Å². The van der Waals surface area contributed by atoms with Gasteiger partial charge in [-0.3, -0.25) is 4.79 Å². The Kier molecular flexibility index (Phi) is 2.32. The van der Waals surface area contributed by atoms with Gasteiger partial charge in [-0.1, -0.05) is 26.8 Å². The van der Waals surface area contributed by atoms with E-state index in [-0.39, 0.29) is 11.0 Å². The molecule has 1 amide bonds. The first kappa shape index (κ1) is 12.0. The summed E-state index contributed by atoms with van der Waals surface area (Å²) in [4.78, 5) is 12.4. The molecule has 0 aliphatic carbocycles. The first-order valence-corrected chi connectivity index (χ1v) is 5.46. The molecule has 92 valence electrons. The maximum Gasteiger partial charge on any atom is 0.352 e. The number of hydrogen-bond donors (Lipinski definition) is 0. The van der Waals surface area contributed by atoms with Gasteiger partial charge in [0.1, 0.15) is 0 Å². The third-order valence-corrected chi connectivity index (χ3v) is 3.14. The summed E-state index contributed by atoms with van der Waals surface area (Å²) >= 11 is 0. The van der Waals surface area contributed by atoms with Crippen molar-refractivity contribution >= 4 is 11.6 Å². The van der Waals surface area contributed by atoms with Gasteiger partial charge in [0.2, 0.25) is 0 Å². The van der Waals surface area contributed by atoms with E-state index in [4.69, 9.17) is 0 Å². The Morgan fingerprint density at radius 2 is 1.82 bits per heavy atom. The molecule has 0 atom stereocenters. The highest BCUT2D eigenvalue weighted by Crippen LogP contribution is 2.44. The number of amides is 1. The van der Waals surface area contributed by atoms with Crippen LogP contribution in [0.15, 0.2) is 18.2 Å². The van der Waals surface area contributed by atoms with E-state index in [1.807, 2.05) is 20.8 Å². The first-order valence-electron chi connectivity index (χ1n) is 5.46. The molecule has 2 nitrogen and oxygen atoms in total. The zero-order valence-corrected chi connectivity index (χ0v) is 10.3. The van der Waals surface area contributed by atoms with Crippen LogP contribution < -0.4 is 4.90 Å². The summed E-state index contributed by atoms with van der Waals surface area (Å²) in [6, 6.07) is 4.83. The third-order valence-electron chi connectivity index (χ3n) is 3.14. The number of halogens is 2. The molecule has 1 aromatic carbocycles. The fourth-order valence-corrected chi connectivity index (χ4v) is 1.98. The van der Waals surface area contributed by atoms with E-state index in [2.05, 4.69) is 0 Å². The topological polar surface area (TPSA) is 20.3 Å². The van der Waals surface area contributed by atoms with Crippen molar-refractivity contribution in [3.05, 3.63) is 29.3 Å². The number of anilines is 1. The van der Waals surface area contributed by atoms with Gasteiger partial charge >= 0.3 is 11.8 Å². The van der Waals surface area contributed by atoms with Crippen molar-refractivity contribution in [2.75, 3.05) is 11.9 Å². The van der Waals surface area contributed by atoms with E-state index in [1.54, 1.807) is 12.1 Å². The fourth-order valence-electron chi connectivity index (χ4n) is 1.98. The van der Waals surface area contributed by atoms with Gasteiger partial charge in [0.25, 0.3) is 0 Å². The zero-order valence-electron chi connectivity index (χ0n) is 10.3. The van der Waals surface area contributed by atoms with E-state index in [9.17, 15) is 13.6 Å². The molecule has 0 aromatic heterocycles. The molecule has 1 aliphatic rings. The minimum Gasteiger partial charge on any atom is -0.309 e. The second kappa shape index (κ2) is 3.28. The summed E-state index contributed by atoms with van der Waals surface area (Å²) < 4.78 is 27.5. The average Bonchev–Trinajstić information content (AvgIpc) is 2.39. The smallest absolute Gasteiger partial charge is 0.309 e. The second-order valence-electron chi connectivity index (χ2n) is 5.42. The molecule has 0 bridgehead atoms. The molecule has 0 unspecified atom stereocenters. The summed E-state index contributed by atoms with van der Waals surface area (Å²) in [7, 11) is 1.37. The molecule has 4 heteroatoms. The van der Waals surface area contributed by atoms with E-state index < -0.39 is 11.8 Å². The van der Waals surface area contributed by atoms with Crippen molar-refractivity contribution in [2.24, 2.45) is 0 Å². The predicted molar refractivity (Wildman–Crippen MR) is 62.4 cm³/mol. The molecule has 1 aliphatic heterocycles. The highest BCUT2D eigenvalue weighted by molar-refractivity contribution is 6.05. The SMILES string of the molecule is CN1C(=O)C(F)(F)c2cc(C(C)(C)C)ccc21. The summed E-state index contributed by atoms with van der Waals surface area (Å²) in [5.41, 5.74) is 0.708. The lowest BCUT2D eigenvalue weighted by Gasteiger charge is -2.20. The molecule has 0 saturated carbocycles. The number of rotatable bonds is 0. The Hall–Kier alpha value is -1.45. The Morgan fingerprint density at radius 1 is 1.24 bits per heavy atom. The number of carbonyl (C=O) groups is 1. The van der Waals surface area contributed by atoms with E-state index in [1.165, 1.54) is 13.1 Å². The maximum atomic E-state index is 13.8. The second-order valence-corrected chi connectivity index (χ2v) is 5.42. The van der Waals surface area contributed by atoms with Crippen molar-refractivity contribution in [2.45, 2.75) is 32.1 Å². The number of nitrogens with zero attached hydrogens (tertiary/aromatic N) is 1. The average molecular weight is 239 g/mol. The minimum absolute atomic E-state index is 0.183. The van der Waals surface area contributed by atoms with Crippen molar-refractivity contribution in [1.82, 2.24) is 0 Å². The number of hydrogen-bond acceptors (Lipinski definition) is 1. The van der Waals surface area contributed by atoms with Crippen LogP contribution in [0.4, 0.5) is 14.5 Å². The van der Waals surface area contributed by atoms with Gasteiger partial charge in [-0.15, -0.1) is 0 Å². The Morgan fingerprint density at radius 3 is 2.35 bits per heavy atom. The first-order chi connectivity index (χ1) is 7.65. The molecule has 0 N–H and O–H groups in total. The van der Waals surface area contributed by atoms with Crippen molar-refractivity contribution in [1.29, 1.82) is 0 Å². The normalized spacial score (nSPS) is 18.5. The molecule has 2 rings (SSSR count). The maximum absolute atomic E-state index is 13.8. The van der Waals surface area contributed by atoms with Crippen LogP contribution in [0.3, 0.4) is 0 Å². The van der Waals surface area contributed by atoms with Gasteiger partial charge in [0, 0.05) is 7.05 Å². The van der Waals surface area contributed by atoms with Crippen LogP contribution in [-0.2, 0) is 16.1 Å². The standard InChI is InChI=1S/C13H15F2NO/c1-12(2,3)8-5-6-10-9(7-8)13(14,15)11(17)16(10)4/h5-7H,1-4H3. The van der Waals surface area contributed by atoms with Crippen LogP contribution in [0.2, 0.25) is 0 Å². The predicted octanol–water partition coefficient (Wildman–Crippen LogP) is 3.05. The molecule has 0 radical (unpaired) electrons. The monoisotopic (exact) mass is 239 g/mol. The molecule has 1 aromatic rings. The molecule has 0 spiro atoms. The van der Waals surface area contributed by atoms with Gasteiger partial charge in [0.15, 0.2) is 0 Å². The molecule has 1 heterocycles. The van der Waals surface area contributed by atoms with Crippen molar-refractivity contribution in [3.63, 3.8) is 0 Å². The van der Waals surface area contributed by atoms with Crippen LogP contribution in [0.25, 0.3) is 0 Å². The zero-order chi connectivity index (χ0) is 13.0. The summed E-state index contributed by atoms with van der Waals surface area (Å²) in [6.07, 6.45) is 0. The number of alkyl halides is 2. The van der Waals surface area contributed by atoms with E-state index >= 15 is 0 Å². The lowest BCUT2D eigenvalue weighted by molar-refractivity contribution is -0.141. The summed E-state index contributed by atoms with van der Waals surface area (Å²) in [6.45, 7) is 5.86. The van der Waals surface area contributed by atoms with Crippen LogP contribution in [0.1, 0.15) is 31.9 Å². The highest BCUT2D eigenvalue weighted by Gasteiger charge is 2.51. The molecule has 17 heavy (non-hydrogen) atoms. The Bertz CT molecular complexity index is 489. The highest BCUT2D eigenvalue weighted by atomic mass is 19.3. The Balaban J connectivity index is 2.63. The van der Waals surface area contributed by atoms with Gasteiger partial charge in [-0.25, -0.2) is 0 Å². The van der Waals surface area contributed by atoms with Gasteiger partial charge in [-0.2, -0.15) is 8.78 Å². The fraction of sp³-hybridized carbons (Fsp3) is 0.462. The molecular formula is C13H15F2NO. The van der Waals surface area contributed by atoms with Crippen molar-refractivity contribution < 1.29 is 13.6 Å². The largest absolute Gasteiger partial charge is 0.352 e. The van der Waals surface area contributed by atoms with E-state index in [0.717, 1.165) is 10.5 Å². The van der Waals surface area contributed by atoms with Crippen LogP contribution in [0, 0.1) is 0 Å². The summed E-state index contributed by atoms with van der Waals surface area (Å²) in [5.74, 6) is -4.55. The third kappa shape index (κ3) is 1.63. The molecular weight excluding hydrogens is 224 g/mol. The number of likely N-dealkylation sites (N-methyl/N-ethyl adjacent to an activating group) is 1. The lowest BCUT2D eigenvalue weighted by Crippen LogP contribution is -2.31.